The second-order valence-electron chi connectivity index (χ2n) is 13.1. The van der Waals surface area contributed by atoms with Crippen molar-refractivity contribution in [3.63, 3.8) is 0 Å². The Kier molecular flexibility index (Phi) is 9.59. The molecule has 6 aromatic rings. The average molecular weight is 726 g/mol. The molecule has 2 amide bonds. The van der Waals surface area contributed by atoms with Gasteiger partial charge in [0.1, 0.15) is 5.75 Å². The highest BCUT2D eigenvalue weighted by Gasteiger charge is 2.39. The molecule has 266 valence electrons. The minimum Gasteiger partial charge on any atom is -0.508 e. The smallest absolute Gasteiger partial charge is 0.261 e. The van der Waals surface area contributed by atoms with Gasteiger partial charge in [0.05, 0.1) is 42.2 Å². The first kappa shape index (κ1) is 34.4. The van der Waals surface area contributed by atoms with Crippen molar-refractivity contribution in [3.05, 3.63) is 155 Å². The number of hydrogen-bond acceptors (Lipinski definition) is 10. The molecule has 1 fully saturated rings. The average Bonchev–Trinajstić information content (AvgIpc) is 3.77. The fourth-order valence-electron chi connectivity index (χ4n) is 6.74. The lowest BCUT2D eigenvalue weighted by Crippen LogP contribution is -2.38. The highest BCUT2D eigenvalue weighted by molar-refractivity contribution is 7.99. The summed E-state index contributed by atoms with van der Waals surface area (Å²) >= 11 is 1.48. The zero-order valence-corrected chi connectivity index (χ0v) is 29.5. The maximum atomic E-state index is 13.0. The van der Waals surface area contributed by atoms with Crippen molar-refractivity contribution in [2.75, 3.05) is 5.75 Å². The number of carbonyl (C=O) groups is 2. The standard InChI is InChI=1S/C41H35N5O6S/c1-25-36(24-53-41-42-43-44-46(41)32-17-19-33(48)20-18-32)51-40(52-37(25)29-11-9-26(23-47)10-12-29)30-15-13-28(14-16-30)31-6-4-5-27(21-31)22-45-38(49)34-7-2-3-8-35(34)39(45)50/h2-21,25,36-37,40,47-48H,22-24H2,1H3/t25-,36+,37+,40+/m0/s1. The number of aromatic hydroxyl groups is 1. The van der Waals surface area contributed by atoms with E-state index >= 15 is 0 Å². The topological polar surface area (TPSA) is 140 Å². The Morgan fingerprint density at radius 1 is 0.755 bits per heavy atom. The molecule has 1 saturated heterocycles. The molecule has 4 atom stereocenters. The lowest BCUT2D eigenvalue weighted by molar-refractivity contribution is -0.268. The highest BCUT2D eigenvalue weighted by atomic mass is 32.2. The molecule has 53 heavy (non-hydrogen) atoms. The van der Waals surface area contributed by atoms with E-state index in [1.54, 1.807) is 53.2 Å². The van der Waals surface area contributed by atoms with Crippen LogP contribution in [0.5, 0.6) is 5.75 Å². The second kappa shape index (κ2) is 14.8. The molecule has 3 heterocycles. The number of ether oxygens (including phenoxy) is 2. The SMILES string of the molecule is C[C@H]1[C@@H](CSc2nnnn2-c2ccc(O)cc2)O[C@@H](c2ccc(-c3cccc(CN4C(=O)c5ccccc5C4=O)c3)cc2)O[C@H]1c1ccc(CO)cc1. The molecule has 0 bridgehead atoms. The zero-order valence-electron chi connectivity index (χ0n) is 28.6. The van der Waals surface area contributed by atoms with Gasteiger partial charge in [0.25, 0.3) is 11.8 Å². The van der Waals surface area contributed by atoms with Gasteiger partial charge in [0, 0.05) is 17.2 Å². The second-order valence-corrected chi connectivity index (χ2v) is 14.1. The van der Waals surface area contributed by atoms with Crippen LogP contribution in [0.1, 0.15) is 62.3 Å². The monoisotopic (exact) mass is 725 g/mol. The molecule has 0 radical (unpaired) electrons. The van der Waals surface area contributed by atoms with Crippen molar-refractivity contribution in [2.45, 2.75) is 43.7 Å². The number of aliphatic hydroxyl groups excluding tert-OH is 1. The Balaban J connectivity index is 1.01. The Labute approximate surface area is 309 Å². The van der Waals surface area contributed by atoms with Crippen molar-refractivity contribution in [1.82, 2.24) is 25.1 Å². The third kappa shape index (κ3) is 6.97. The quantitative estimate of drug-likeness (QED) is 0.113. The van der Waals surface area contributed by atoms with Crippen LogP contribution in [0.4, 0.5) is 0 Å². The van der Waals surface area contributed by atoms with Crippen molar-refractivity contribution in [2.24, 2.45) is 5.92 Å². The van der Waals surface area contributed by atoms with Crippen LogP contribution in [0, 0.1) is 5.92 Å². The molecule has 0 aliphatic carbocycles. The largest absolute Gasteiger partial charge is 0.508 e. The predicted molar refractivity (Wildman–Crippen MR) is 197 cm³/mol. The number of aromatic nitrogens is 4. The maximum absolute atomic E-state index is 13.0. The summed E-state index contributed by atoms with van der Waals surface area (Å²) < 4.78 is 15.0. The van der Waals surface area contributed by atoms with Crippen molar-refractivity contribution in [3.8, 4) is 22.6 Å². The summed E-state index contributed by atoms with van der Waals surface area (Å²) in [6.07, 6.45) is -1.20. The lowest BCUT2D eigenvalue weighted by atomic mass is 9.91. The van der Waals surface area contributed by atoms with Gasteiger partial charge in [-0.25, -0.2) is 0 Å². The number of imide groups is 1. The van der Waals surface area contributed by atoms with Gasteiger partial charge in [-0.2, -0.15) is 4.68 Å². The third-order valence-electron chi connectivity index (χ3n) is 9.70. The first-order valence-corrected chi connectivity index (χ1v) is 18.2. The Bertz CT molecular complexity index is 2230. The van der Waals surface area contributed by atoms with Gasteiger partial charge in [-0.15, -0.1) is 5.10 Å². The van der Waals surface area contributed by atoms with Gasteiger partial charge < -0.3 is 19.7 Å². The molecule has 1 aromatic heterocycles. The summed E-state index contributed by atoms with van der Waals surface area (Å²) in [6, 6.07) is 37.2. The number of aliphatic hydroxyl groups is 1. The molecular weight excluding hydrogens is 691 g/mol. The van der Waals surface area contributed by atoms with Crippen LogP contribution >= 0.6 is 11.8 Å². The third-order valence-corrected chi connectivity index (χ3v) is 10.7. The lowest BCUT2D eigenvalue weighted by Gasteiger charge is -2.41. The molecule has 2 aliphatic rings. The van der Waals surface area contributed by atoms with Crippen LogP contribution in [0.15, 0.2) is 126 Å². The maximum Gasteiger partial charge on any atom is 0.261 e. The summed E-state index contributed by atoms with van der Waals surface area (Å²) in [6.45, 7) is 2.24. The van der Waals surface area contributed by atoms with E-state index in [2.05, 4.69) is 22.4 Å². The summed E-state index contributed by atoms with van der Waals surface area (Å²) in [5, 5.41) is 32.2. The van der Waals surface area contributed by atoms with Crippen molar-refractivity contribution >= 4 is 23.6 Å². The van der Waals surface area contributed by atoms with Crippen LogP contribution < -0.4 is 0 Å². The number of thioether (sulfide) groups is 1. The Morgan fingerprint density at radius 2 is 1.45 bits per heavy atom. The first-order chi connectivity index (χ1) is 25.9. The molecule has 0 saturated carbocycles. The van der Waals surface area contributed by atoms with Crippen LogP contribution in [-0.4, -0.2) is 59.0 Å². The minimum absolute atomic E-state index is 0.0408. The van der Waals surface area contributed by atoms with Crippen molar-refractivity contribution in [1.29, 1.82) is 0 Å². The molecule has 12 heteroatoms. The van der Waals surface area contributed by atoms with Gasteiger partial charge in [0.15, 0.2) is 6.29 Å². The van der Waals surface area contributed by atoms with E-state index in [9.17, 15) is 19.8 Å². The van der Waals surface area contributed by atoms with E-state index in [-0.39, 0.29) is 48.8 Å². The summed E-state index contributed by atoms with van der Waals surface area (Å²) in [7, 11) is 0. The summed E-state index contributed by atoms with van der Waals surface area (Å²) in [4.78, 5) is 27.2. The summed E-state index contributed by atoms with van der Waals surface area (Å²) in [5.74, 6) is 0.101. The number of fused-ring (bicyclic) bond motifs is 1. The van der Waals surface area contributed by atoms with Gasteiger partial charge in [-0.1, -0.05) is 97.5 Å². The van der Waals surface area contributed by atoms with Crippen LogP contribution in [-0.2, 0) is 22.6 Å². The number of nitrogens with zero attached hydrogens (tertiary/aromatic N) is 5. The Morgan fingerprint density at radius 3 is 2.15 bits per heavy atom. The van der Waals surface area contributed by atoms with E-state index in [0.717, 1.165) is 39.1 Å². The van der Waals surface area contributed by atoms with Crippen LogP contribution in [0.3, 0.4) is 0 Å². The fraction of sp³-hybridized carbons (Fsp3) is 0.195. The normalized spacial score (nSPS) is 19.8. The molecule has 11 nitrogen and oxygen atoms in total. The van der Waals surface area contributed by atoms with Gasteiger partial charge >= 0.3 is 0 Å². The molecule has 8 rings (SSSR count). The number of phenolic OH excluding ortho intramolecular Hbond substituents is 1. The van der Waals surface area contributed by atoms with Crippen molar-refractivity contribution < 1.29 is 29.3 Å². The van der Waals surface area contributed by atoms with Gasteiger partial charge in [0.2, 0.25) is 5.16 Å². The van der Waals surface area contributed by atoms with Gasteiger partial charge in [-0.3, -0.25) is 14.5 Å². The molecule has 5 aromatic carbocycles. The van der Waals surface area contributed by atoms with Gasteiger partial charge in [-0.05, 0) is 80.7 Å². The van der Waals surface area contributed by atoms with E-state index in [0.29, 0.717) is 22.0 Å². The number of carbonyl (C=O) groups excluding carboxylic acids is 2. The Hall–Kier alpha value is -5.66. The number of phenols is 1. The minimum atomic E-state index is -0.665. The molecule has 2 N–H and O–H groups in total. The zero-order chi connectivity index (χ0) is 36.5. The van der Waals surface area contributed by atoms with E-state index in [1.807, 2.05) is 72.8 Å². The van der Waals surface area contributed by atoms with Crippen LogP contribution in [0.2, 0.25) is 0 Å². The number of hydrogen-bond donors (Lipinski definition) is 2. The molecular formula is C41H35N5O6S. The van der Waals surface area contributed by atoms with Crippen LogP contribution in [0.25, 0.3) is 16.8 Å². The number of rotatable bonds is 10. The van der Waals surface area contributed by atoms with E-state index < -0.39 is 6.29 Å². The summed E-state index contributed by atoms with van der Waals surface area (Å²) in [5.41, 5.74) is 7.02. The molecule has 2 aliphatic heterocycles. The fourth-order valence-corrected chi connectivity index (χ4v) is 7.79. The van der Waals surface area contributed by atoms with E-state index in [4.69, 9.17) is 9.47 Å². The first-order valence-electron chi connectivity index (χ1n) is 17.2. The predicted octanol–water partition coefficient (Wildman–Crippen LogP) is 6.91. The number of amides is 2. The highest BCUT2D eigenvalue weighted by Crippen LogP contribution is 2.43. The molecule has 0 unspecified atom stereocenters. The van der Waals surface area contributed by atoms with E-state index in [1.165, 1.54) is 16.7 Å². The molecule has 0 spiro atoms. The number of benzene rings is 5. The number of tetrazole rings is 1.